The second kappa shape index (κ2) is 7.00. The van der Waals surface area contributed by atoms with E-state index in [4.69, 9.17) is 4.74 Å². The van der Waals surface area contributed by atoms with Gasteiger partial charge < -0.3 is 14.6 Å². The first-order valence-corrected chi connectivity index (χ1v) is 8.35. The maximum absolute atomic E-state index is 5.38. The number of fused-ring (bicyclic) bond motifs is 1. The van der Waals surface area contributed by atoms with Crippen LogP contribution < -0.4 is 10.1 Å². The van der Waals surface area contributed by atoms with Crippen LogP contribution in [0.25, 0.3) is 0 Å². The molecule has 0 fully saturated rings. The second-order valence-corrected chi connectivity index (χ2v) is 6.34. The maximum Gasteiger partial charge on any atom is 0.119 e. The van der Waals surface area contributed by atoms with Crippen molar-refractivity contribution in [1.29, 1.82) is 0 Å². The Bertz CT molecular complexity index is 571. The van der Waals surface area contributed by atoms with E-state index in [0.29, 0.717) is 6.04 Å². The highest BCUT2D eigenvalue weighted by Crippen LogP contribution is 2.36. The summed E-state index contributed by atoms with van der Waals surface area (Å²) in [6, 6.07) is 6.84. The van der Waals surface area contributed by atoms with E-state index in [1.165, 1.54) is 29.1 Å². The molecule has 1 aromatic carbocycles. The van der Waals surface area contributed by atoms with Gasteiger partial charge in [0.15, 0.2) is 0 Å². The first kappa shape index (κ1) is 14.5. The zero-order valence-electron chi connectivity index (χ0n) is 12.3. The van der Waals surface area contributed by atoms with Crippen molar-refractivity contribution in [3.63, 3.8) is 0 Å². The molecule has 1 atom stereocenters. The van der Waals surface area contributed by atoms with Gasteiger partial charge in [-0.25, -0.2) is 4.98 Å². The molecule has 1 aliphatic heterocycles. The molecule has 2 aromatic rings. The van der Waals surface area contributed by atoms with Crippen molar-refractivity contribution < 1.29 is 4.74 Å². The van der Waals surface area contributed by atoms with Crippen LogP contribution in [0.1, 0.15) is 24.4 Å². The van der Waals surface area contributed by atoms with E-state index >= 15 is 0 Å². The van der Waals surface area contributed by atoms with Gasteiger partial charge in [-0.3, -0.25) is 0 Å². The largest absolute Gasteiger partial charge is 0.497 e. The quantitative estimate of drug-likeness (QED) is 0.921. The van der Waals surface area contributed by atoms with Crippen molar-refractivity contribution in [3.05, 3.63) is 42.5 Å². The molecule has 112 valence electrons. The topological polar surface area (TPSA) is 39.1 Å². The Hall–Kier alpha value is -1.46. The number of methoxy groups -OCH3 is 1. The summed E-state index contributed by atoms with van der Waals surface area (Å²) < 4.78 is 7.49. The maximum atomic E-state index is 5.38. The fourth-order valence-corrected chi connectivity index (χ4v) is 3.74. The first-order chi connectivity index (χ1) is 10.4. The van der Waals surface area contributed by atoms with E-state index in [1.54, 1.807) is 7.11 Å². The number of ether oxygens (including phenoxy) is 1. The Morgan fingerprint density at radius 1 is 1.48 bits per heavy atom. The SMILES string of the molecule is COc1ccc2c(c1)[C@H](NCCn1ccnc1)CCCS2. The predicted octanol–water partition coefficient (Wildman–Crippen LogP) is 3.11. The summed E-state index contributed by atoms with van der Waals surface area (Å²) in [5.41, 5.74) is 1.38. The zero-order valence-corrected chi connectivity index (χ0v) is 13.1. The van der Waals surface area contributed by atoms with Crippen LogP contribution in [0.2, 0.25) is 0 Å². The third-order valence-electron chi connectivity index (χ3n) is 3.81. The van der Waals surface area contributed by atoms with Crippen molar-refractivity contribution in [2.24, 2.45) is 0 Å². The third kappa shape index (κ3) is 3.60. The van der Waals surface area contributed by atoms with Gasteiger partial charge in [0.1, 0.15) is 5.75 Å². The van der Waals surface area contributed by atoms with Gasteiger partial charge in [-0.2, -0.15) is 0 Å². The number of rotatable bonds is 5. The van der Waals surface area contributed by atoms with E-state index in [9.17, 15) is 0 Å². The van der Waals surface area contributed by atoms with E-state index in [0.717, 1.165) is 18.8 Å². The van der Waals surface area contributed by atoms with Crippen LogP contribution in [0, 0.1) is 0 Å². The monoisotopic (exact) mass is 303 g/mol. The van der Waals surface area contributed by atoms with Gasteiger partial charge in [0, 0.05) is 36.4 Å². The van der Waals surface area contributed by atoms with Gasteiger partial charge in [-0.1, -0.05) is 0 Å². The molecule has 0 saturated heterocycles. The molecule has 0 spiro atoms. The normalized spacial score (nSPS) is 18.0. The molecule has 0 aliphatic carbocycles. The van der Waals surface area contributed by atoms with Crippen LogP contribution in [0.3, 0.4) is 0 Å². The molecule has 5 heteroatoms. The Morgan fingerprint density at radius 2 is 2.43 bits per heavy atom. The average Bonchev–Trinajstić information content (AvgIpc) is 2.95. The summed E-state index contributed by atoms with van der Waals surface area (Å²) >= 11 is 1.95. The molecule has 1 aromatic heterocycles. The Kier molecular flexibility index (Phi) is 4.83. The molecule has 0 amide bonds. The van der Waals surface area contributed by atoms with Crippen molar-refractivity contribution in [1.82, 2.24) is 14.9 Å². The molecule has 1 aliphatic rings. The molecule has 0 radical (unpaired) electrons. The lowest BCUT2D eigenvalue weighted by Gasteiger charge is -2.20. The van der Waals surface area contributed by atoms with Crippen LogP contribution in [0.15, 0.2) is 41.8 Å². The molecule has 0 unspecified atom stereocenters. The van der Waals surface area contributed by atoms with Gasteiger partial charge in [0.2, 0.25) is 0 Å². The molecule has 3 rings (SSSR count). The van der Waals surface area contributed by atoms with Crippen molar-refractivity contribution >= 4 is 11.8 Å². The van der Waals surface area contributed by atoms with Crippen molar-refractivity contribution in [2.75, 3.05) is 19.4 Å². The number of aromatic nitrogens is 2. The minimum atomic E-state index is 0.411. The lowest BCUT2D eigenvalue weighted by molar-refractivity contribution is 0.410. The smallest absolute Gasteiger partial charge is 0.119 e. The van der Waals surface area contributed by atoms with Gasteiger partial charge in [-0.15, -0.1) is 11.8 Å². The average molecular weight is 303 g/mol. The second-order valence-electron chi connectivity index (χ2n) is 5.20. The minimum absolute atomic E-state index is 0.411. The third-order valence-corrected chi connectivity index (χ3v) is 4.98. The number of hydrogen-bond acceptors (Lipinski definition) is 4. The van der Waals surface area contributed by atoms with Gasteiger partial charge in [0.25, 0.3) is 0 Å². The number of thioether (sulfide) groups is 1. The van der Waals surface area contributed by atoms with Gasteiger partial charge in [-0.05, 0) is 42.4 Å². The fraction of sp³-hybridized carbons (Fsp3) is 0.438. The van der Waals surface area contributed by atoms with E-state index in [1.807, 2.05) is 30.5 Å². The van der Waals surface area contributed by atoms with E-state index < -0.39 is 0 Å². The summed E-state index contributed by atoms with van der Waals surface area (Å²) in [4.78, 5) is 5.46. The van der Waals surface area contributed by atoms with Crippen molar-refractivity contribution in [2.45, 2.75) is 30.3 Å². The van der Waals surface area contributed by atoms with Crippen LogP contribution in [-0.4, -0.2) is 29.0 Å². The number of hydrogen-bond donors (Lipinski definition) is 1. The molecule has 0 bridgehead atoms. The molecule has 4 nitrogen and oxygen atoms in total. The molecule has 0 saturated carbocycles. The highest BCUT2D eigenvalue weighted by Gasteiger charge is 2.19. The van der Waals surface area contributed by atoms with Crippen LogP contribution in [-0.2, 0) is 6.54 Å². The molecule has 21 heavy (non-hydrogen) atoms. The van der Waals surface area contributed by atoms with Gasteiger partial charge >= 0.3 is 0 Å². The Labute approximate surface area is 129 Å². The molecule has 2 heterocycles. The molecule has 1 N–H and O–H groups in total. The number of benzene rings is 1. The summed E-state index contributed by atoms with van der Waals surface area (Å²) in [5, 5.41) is 3.69. The number of nitrogens with one attached hydrogen (secondary N) is 1. The Balaban J connectivity index is 1.69. The predicted molar refractivity (Wildman–Crippen MR) is 85.9 cm³/mol. The lowest BCUT2D eigenvalue weighted by atomic mass is 10.0. The molecular formula is C16H21N3OS. The number of imidazole rings is 1. The zero-order chi connectivity index (χ0) is 14.5. The minimum Gasteiger partial charge on any atom is -0.497 e. The van der Waals surface area contributed by atoms with E-state index in [2.05, 4.69) is 33.1 Å². The standard InChI is InChI=1S/C16H21N3OS/c1-20-13-4-5-16-14(11-13)15(3-2-10-21-16)18-7-9-19-8-6-17-12-19/h4-6,8,11-12,15,18H,2-3,7,9-10H2,1H3/t15-/m1/s1. The summed E-state index contributed by atoms with van der Waals surface area (Å²) in [7, 11) is 1.73. The van der Waals surface area contributed by atoms with Crippen LogP contribution in [0.4, 0.5) is 0 Å². The highest BCUT2D eigenvalue weighted by atomic mass is 32.2. The summed E-state index contributed by atoms with van der Waals surface area (Å²) in [5.74, 6) is 2.14. The van der Waals surface area contributed by atoms with Gasteiger partial charge in [0.05, 0.1) is 13.4 Å². The lowest BCUT2D eigenvalue weighted by Crippen LogP contribution is -2.25. The van der Waals surface area contributed by atoms with E-state index in [-0.39, 0.29) is 0 Å². The van der Waals surface area contributed by atoms with Crippen molar-refractivity contribution in [3.8, 4) is 5.75 Å². The fourth-order valence-electron chi connectivity index (χ4n) is 2.68. The highest BCUT2D eigenvalue weighted by molar-refractivity contribution is 7.99. The number of nitrogens with zero attached hydrogens (tertiary/aromatic N) is 2. The molecular weight excluding hydrogens is 282 g/mol. The van der Waals surface area contributed by atoms with Crippen LogP contribution in [0.5, 0.6) is 5.75 Å². The first-order valence-electron chi connectivity index (χ1n) is 7.36. The summed E-state index contributed by atoms with van der Waals surface area (Å²) in [6.07, 6.45) is 8.10. The Morgan fingerprint density at radius 3 is 3.24 bits per heavy atom. The summed E-state index contributed by atoms with van der Waals surface area (Å²) in [6.45, 7) is 1.89. The van der Waals surface area contributed by atoms with Crippen LogP contribution >= 0.6 is 11.8 Å².